The zero-order chi connectivity index (χ0) is 28.6. The normalized spacial score (nSPS) is 29.8. The van der Waals surface area contributed by atoms with E-state index in [2.05, 4.69) is 5.32 Å². The van der Waals surface area contributed by atoms with E-state index in [0.717, 1.165) is 18.5 Å². The van der Waals surface area contributed by atoms with Gasteiger partial charge in [0.05, 0.1) is 11.6 Å². The van der Waals surface area contributed by atoms with Crippen molar-refractivity contribution in [3.05, 3.63) is 40.2 Å². The fourth-order valence-corrected chi connectivity index (χ4v) is 7.24. The fraction of sp³-hybridized carbons (Fsp3) is 0.552. The summed E-state index contributed by atoms with van der Waals surface area (Å²) in [5.74, 6) is -5.73. The fourth-order valence-electron chi connectivity index (χ4n) is 7.24. The van der Waals surface area contributed by atoms with Crippen molar-refractivity contribution in [3.63, 3.8) is 0 Å². The molecule has 39 heavy (non-hydrogen) atoms. The molecule has 5 rings (SSSR count). The van der Waals surface area contributed by atoms with E-state index in [-0.39, 0.29) is 29.7 Å². The van der Waals surface area contributed by atoms with E-state index in [0.29, 0.717) is 18.4 Å². The van der Waals surface area contributed by atoms with Crippen LogP contribution in [0.5, 0.6) is 5.75 Å². The molecule has 0 radical (unpaired) electrons. The van der Waals surface area contributed by atoms with E-state index in [1.807, 2.05) is 25.9 Å². The molecule has 4 aliphatic rings. The number of aromatic hydroxyl groups is 1. The number of aliphatic hydroxyl groups excluding tert-OH is 2. The highest BCUT2D eigenvalue weighted by Gasteiger charge is 2.64. The Morgan fingerprint density at radius 1 is 1.05 bits per heavy atom. The summed E-state index contributed by atoms with van der Waals surface area (Å²) in [5, 5.41) is 48.2. The number of carbonyl (C=O) groups is 3. The Hall–Kier alpha value is -3.37. The van der Waals surface area contributed by atoms with Crippen molar-refractivity contribution in [2.45, 2.75) is 62.6 Å². The topological polar surface area (TPSA) is 151 Å². The van der Waals surface area contributed by atoms with Gasteiger partial charge in [-0.05, 0) is 70.3 Å². The molecule has 0 heterocycles. The lowest BCUT2D eigenvalue weighted by Gasteiger charge is -2.50. The minimum atomic E-state index is -2.60. The maximum atomic E-state index is 14.1. The Bertz CT molecular complexity index is 1340. The number of phenols is 1. The van der Waals surface area contributed by atoms with Crippen LogP contribution in [0.3, 0.4) is 0 Å². The van der Waals surface area contributed by atoms with Gasteiger partial charge in [-0.25, -0.2) is 0 Å². The molecule has 0 bridgehead atoms. The highest BCUT2D eigenvalue weighted by molar-refractivity contribution is 6.25. The van der Waals surface area contributed by atoms with Crippen molar-refractivity contribution in [1.82, 2.24) is 10.2 Å². The highest BCUT2D eigenvalue weighted by atomic mass is 16.3. The zero-order valence-corrected chi connectivity index (χ0v) is 23.0. The number of amides is 1. The predicted octanol–water partition coefficient (Wildman–Crippen LogP) is 1.99. The van der Waals surface area contributed by atoms with Gasteiger partial charge in [0.25, 0.3) is 5.91 Å². The number of ketones is 2. The smallest absolute Gasteiger partial charge is 0.258 e. The minimum absolute atomic E-state index is 0.0921. The van der Waals surface area contributed by atoms with Crippen LogP contribution in [0.1, 0.15) is 50.2 Å². The van der Waals surface area contributed by atoms with Gasteiger partial charge in [0.15, 0.2) is 11.4 Å². The van der Waals surface area contributed by atoms with Gasteiger partial charge in [0.2, 0.25) is 5.78 Å². The first kappa shape index (κ1) is 27.2. The molecule has 2 saturated carbocycles. The molecule has 0 spiro atoms. The molecule has 0 aromatic heterocycles. The molecule has 0 aliphatic heterocycles. The van der Waals surface area contributed by atoms with Crippen LogP contribution in [0.15, 0.2) is 29.0 Å². The first-order valence-corrected chi connectivity index (χ1v) is 13.4. The molecule has 1 aromatic carbocycles. The standard InChI is InChI=1S/C29H37N3O7/c1-28(10-6-7-11-28)30-27(38)21-24(35)22(32(4)5)16-13-14-12-15-17(31(2)3)8-9-18(33)20(15)23(34)19(14)25(36)29(16,39)26(21)37/h8-9,14,16,22,33-34,37,39H,6-7,10-13H2,1-5H3,(H,30,38)/t14-,16-,22-,29-/m0/s1. The number of nitrogens with zero attached hydrogens (tertiary/aromatic N) is 2. The van der Waals surface area contributed by atoms with Crippen LogP contribution in [0.25, 0.3) is 5.76 Å². The predicted molar refractivity (Wildman–Crippen MR) is 144 cm³/mol. The number of phenolic OH excluding ortho intramolecular Hbond substituents is 1. The lowest BCUT2D eigenvalue weighted by Crippen LogP contribution is -2.66. The van der Waals surface area contributed by atoms with Crippen LogP contribution < -0.4 is 10.2 Å². The molecule has 5 N–H and O–H groups in total. The number of hydrogen-bond acceptors (Lipinski definition) is 9. The number of benzene rings is 1. The third-order valence-electron chi connectivity index (χ3n) is 9.16. The summed E-state index contributed by atoms with van der Waals surface area (Å²) in [6, 6.07) is 2.10. The van der Waals surface area contributed by atoms with Crippen molar-refractivity contribution in [2.24, 2.45) is 11.8 Å². The third-order valence-corrected chi connectivity index (χ3v) is 9.16. The average molecular weight is 540 g/mol. The Morgan fingerprint density at radius 2 is 1.69 bits per heavy atom. The van der Waals surface area contributed by atoms with E-state index in [4.69, 9.17) is 0 Å². The summed E-state index contributed by atoms with van der Waals surface area (Å²) in [7, 11) is 6.92. The third kappa shape index (κ3) is 3.87. The number of fused-ring (bicyclic) bond motifs is 3. The summed E-state index contributed by atoms with van der Waals surface area (Å²) >= 11 is 0. The van der Waals surface area contributed by atoms with Gasteiger partial charge < -0.3 is 30.6 Å². The Kier molecular flexibility index (Phi) is 6.34. The highest BCUT2D eigenvalue weighted by Crippen LogP contribution is 2.53. The lowest BCUT2D eigenvalue weighted by molar-refractivity contribution is -0.153. The van der Waals surface area contributed by atoms with Gasteiger partial charge in [-0.3, -0.25) is 19.3 Å². The van der Waals surface area contributed by atoms with Crippen molar-refractivity contribution < 1.29 is 34.8 Å². The van der Waals surface area contributed by atoms with Crippen LogP contribution >= 0.6 is 0 Å². The minimum Gasteiger partial charge on any atom is -0.508 e. The number of likely N-dealkylation sites (N-methyl/N-ethyl adjacent to an activating group) is 1. The SMILES string of the molecule is CN(C)c1ccc(O)c2c1C[C@H]1C[C@H]3[C@H](N(C)C)C(=O)C(C(=O)NC4(C)CCCC4)=C(O)[C@@]3(O)C(=O)C1=C2O. The quantitative estimate of drug-likeness (QED) is 0.362. The first-order chi connectivity index (χ1) is 18.2. The van der Waals surface area contributed by atoms with E-state index < -0.39 is 63.6 Å². The van der Waals surface area contributed by atoms with E-state index >= 15 is 0 Å². The maximum Gasteiger partial charge on any atom is 0.258 e. The zero-order valence-electron chi connectivity index (χ0n) is 23.0. The number of nitrogens with one attached hydrogen (secondary N) is 1. The summed E-state index contributed by atoms with van der Waals surface area (Å²) in [6.07, 6.45) is 3.63. The number of aliphatic hydroxyl groups is 3. The number of anilines is 1. The molecule has 0 unspecified atom stereocenters. The van der Waals surface area contributed by atoms with Crippen LogP contribution in [0, 0.1) is 11.8 Å². The lowest BCUT2D eigenvalue weighted by atomic mass is 9.57. The van der Waals surface area contributed by atoms with E-state index in [1.165, 1.54) is 6.07 Å². The number of rotatable bonds is 4. The number of hydrogen-bond donors (Lipinski definition) is 5. The van der Waals surface area contributed by atoms with Gasteiger partial charge >= 0.3 is 0 Å². The van der Waals surface area contributed by atoms with Crippen molar-refractivity contribution >= 4 is 28.9 Å². The average Bonchev–Trinajstić information content (AvgIpc) is 3.26. The van der Waals surface area contributed by atoms with E-state index in [9.17, 15) is 34.8 Å². The molecule has 1 amide bonds. The Balaban J connectivity index is 1.67. The van der Waals surface area contributed by atoms with Crippen LogP contribution in [0.2, 0.25) is 0 Å². The summed E-state index contributed by atoms with van der Waals surface area (Å²) < 4.78 is 0. The molecule has 0 saturated heterocycles. The Morgan fingerprint density at radius 3 is 2.28 bits per heavy atom. The van der Waals surface area contributed by atoms with Gasteiger partial charge in [-0.1, -0.05) is 12.8 Å². The second-order valence-corrected chi connectivity index (χ2v) is 12.2. The maximum absolute atomic E-state index is 14.1. The summed E-state index contributed by atoms with van der Waals surface area (Å²) in [5.41, 5.74) is -2.39. The number of carbonyl (C=O) groups excluding carboxylic acids is 3. The van der Waals surface area contributed by atoms with Gasteiger partial charge in [0.1, 0.15) is 22.8 Å². The molecule has 4 aliphatic carbocycles. The van der Waals surface area contributed by atoms with Crippen molar-refractivity contribution in [2.75, 3.05) is 33.1 Å². The molecule has 1 aromatic rings. The van der Waals surface area contributed by atoms with Crippen molar-refractivity contribution in [1.29, 1.82) is 0 Å². The first-order valence-electron chi connectivity index (χ1n) is 13.4. The van der Waals surface area contributed by atoms with Gasteiger partial charge in [-0.15, -0.1) is 0 Å². The van der Waals surface area contributed by atoms with Crippen LogP contribution in [-0.4, -0.2) is 88.2 Å². The Labute approximate surface area is 227 Å². The molecule has 10 heteroatoms. The van der Waals surface area contributed by atoms with Crippen LogP contribution in [0.4, 0.5) is 5.69 Å². The number of Topliss-reactive ketones (excluding diaryl/α,β-unsaturated/α-hetero) is 2. The second-order valence-electron chi connectivity index (χ2n) is 12.2. The molecule has 10 nitrogen and oxygen atoms in total. The largest absolute Gasteiger partial charge is 0.508 e. The second kappa shape index (κ2) is 9.09. The monoisotopic (exact) mass is 539 g/mol. The molecular weight excluding hydrogens is 502 g/mol. The van der Waals surface area contributed by atoms with Crippen LogP contribution in [-0.2, 0) is 20.8 Å². The van der Waals surface area contributed by atoms with Gasteiger partial charge in [-0.2, -0.15) is 0 Å². The molecule has 4 atom stereocenters. The molecule has 210 valence electrons. The molecule has 2 fully saturated rings. The van der Waals surface area contributed by atoms with E-state index in [1.54, 1.807) is 25.1 Å². The summed E-state index contributed by atoms with van der Waals surface area (Å²) in [4.78, 5) is 44.7. The molecular formula is C29H37N3O7. The van der Waals surface area contributed by atoms with Crippen molar-refractivity contribution in [3.8, 4) is 5.75 Å². The van der Waals surface area contributed by atoms with Gasteiger partial charge in [0, 0.05) is 36.8 Å². The summed E-state index contributed by atoms with van der Waals surface area (Å²) in [6.45, 7) is 1.87.